The lowest BCUT2D eigenvalue weighted by molar-refractivity contribution is 0.102. The summed E-state index contributed by atoms with van der Waals surface area (Å²) in [6.45, 7) is 5.48. The maximum Gasteiger partial charge on any atom is 0.261 e. The summed E-state index contributed by atoms with van der Waals surface area (Å²) in [5.41, 5.74) is 3.22. The van der Waals surface area contributed by atoms with E-state index in [1.54, 1.807) is 31.2 Å². The van der Waals surface area contributed by atoms with Gasteiger partial charge in [0.2, 0.25) is 0 Å². The number of carbonyl (C=O) groups is 1. The van der Waals surface area contributed by atoms with E-state index in [1.165, 1.54) is 12.1 Å². The van der Waals surface area contributed by atoms with Crippen LogP contribution in [0.2, 0.25) is 0 Å². The van der Waals surface area contributed by atoms with Crippen LogP contribution in [0.25, 0.3) is 0 Å². The van der Waals surface area contributed by atoms with Crippen molar-refractivity contribution in [2.24, 2.45) is 0 Å². The van der Waals surface area contributed by atoms with Crippen molar-refractivity contribution >= 4 is 27.4 Å². The van der Waals surface area contributed by atoms with E-state index in [-0.39, 0.29) is 10.5 Å². The van der Waals surface area contributed by atoms with Crippen molar-refractivity contribution in [2.45, 2.75) is 25.7 Å². The maximum atomic E-state index is 12.7. The van der Waals surface area contributed by atoms with E-state index in [0.29, 0.717) is 17.1 Å². The van der Waals surface area contributed by atoms with E-state index >= 15 is 0 Å². The minimum Gasteiger partial charge on any atom is -0.305 e. The van der Waals surface area contributed by atoms with Crippen molar-refractivity contribution in [1.29, 1.82) is 0 Å². The molecule has 0 saturated carbocycles. The molecule has 3 rings (SSSR count). The summed E-state index contributed by atoms with van der Waals surface area (Å²) in [5, 5.41) is 9.35. The number of H-pyrrole nitrogens is 1. The second kappa shape index (κ2) is 7.24. The molecule has 0 atom stereocenters. The van der Waals surface area contributed by atoms with Gasteiger partial charge in [0.1, 0.15) is 0 Å². The Morgan fingerprint density at radius 1 is 1.00 bits per heavy atom. The first-order valence-corrected chi connectivity index (χ1v) is 9.76. The number of nitrogens with zero attached hydrogens (tertiary/aromatic N) is 1. The number of amides is 1. The van der Waals surface area contributed by atoms with Gasteiger partial charge < -0.3 is 5.32 Å². The SMILES string of the molecule is Cc1ccc(NS(=O)(=O)c2ccc(C)c(C(=O)Nc3cc(C)[nH]n3)c2)cc1. The number of benzene rings is 2. The quantitative estimate of drug-likeness (QED) is 0.627. The first-order valence-electron chi connectivity index (χ1n) is 8.28. The molecular weight excluding hydrogens is 364 g/mol. The van der Waals surface area contributed by atoms with E-state index in [2.05, 4.69) is 20.2 Å². The van der Waals surface area contributed by atoms with Gasteiger partial charge >= 0.3 is 0 Å². The Bertz CT molecular complexity index is 1090. The molecule has 0 saturated heterocycles. The molecule has 3 N–H and O–H groups in total. The molecular formula is C19H20N4O3S. The second-order valence-electron chi connectivity index (χ2n) is 6.34. The van der Waals surface area contributed by atoms with Gasteiger partial charge in [-0.25, -0.2) is 8.42 Å². The molecule has 2 aromatic carbocycles. The molecule has 0 bridgehead atoms. The fraction of sp³-hybridized carbons (Fsp3) is 0.158. The summed E-state index contributed by atoms with van der Waals surface area (Å²) in [5.74, 6) is -0.0469. The number of sulfonamides is 1. The highest BCUT2D eigenvalue weighted by molar-refractivity contribution is 7.92. The number of rotatable bonds is 5. The number of aromatic nitrogens is 2. The Balaban J connectivity index is 1.87. The molecule has 1 amide bonds. The molecule has 0 unspecified atom stereocenters. The van der Waals surface area contributed by atoms with Crippen LogP contribution in [-0.4, -0.2) is 24.5 Å². The van der Waals surface area contributed by atoms with Gasteiger partial charge in [0.05, 0.1) is 4.90 Å². The molecule has 7 nitrogen and oxygen atoms in total. The maximum absolute atomic E-state index is 12.7. The average Bonchev–Trinajstić information content (AvgIpc) is 3.01. The number of aromatic amines is 1. The van der Waals surface area contributed by atoms with Crippen LogP contribution < -0.4 is 10.0 Å². The van der Waals surface area contributed by atoms with Gasteiger partial charge in [-0.3, -0.25) is 14.6 Å². The molecule has 0 fully saturated rings. The van der Waals surface area contributed by atoms with Crippen LogP contribution >= 0.6 is 0 Å². The zero-order chi connectivity index (χ0) is 19.6. The largest absolute Gasteiger partial charge is 0.305 e. The van der Waals surface area contributed by atoms with Crippen LogP contribution in [0.3, 0.4) is 0 Å². The lowest BCUT2D eigenvalue weighted by Gasteiger charge is -2.11. The molecule has 1 aromatic heterocycles. The van der Waals surface area contributed by atoms with Crippen LogP contribution in [0.5, 0.6) is 0 Å². The number of anilines is 2. The highest BCUT2D eigenvalue weighted by Crippen LogP contribution is 2.20. The Kier molecular flexibility index (Phi) is 5.00. The summed E-state index contributed by atoms with van der Waals surface area (Å²) in [6.07, 6.45) is 0. The summed E-state index contributed by atoms with van der Waals surface area (Å²) in [6, 6.07) is 13.1. The van der Waals surface area contributed by atoms with Crippen molar-refractivity contribution in [3.63, 3.8) is 0 Å². The number of nitrogens with one attached hydrogen (secondary N) is 3. The van der Waals surface area contributed by atoms with Crippen LogP contribution in [0, 0.1) is 20.8 Å². The molecule has 140 valence electrons. The third kappa shape index (κ3) is 4.35. The Morgan fingerprint density at radius 2 is 1.70 bits per heavy atom. The van der Waals surface area contributed by atoms with Gasteiger partial charge in [-0.2, -0.15) is 5.10 Å². The normalized spacial score (nSPS) is 11.2. The minimum atomic E-state index is -3.82. The summed E-state index contributed by atoms with van der Waals surface area (Å²) < 4.78 is 27.9. The van der Waals surface area contributed by atoms with Gasteiger partial charge in [-0.1, -0.05) is 23.8 Å². The van der Waals surface area contributed by atoms with E-state index in [1.807, 2.05) is 26.0 Å². The standard InChI is InChI=1S/C19H20N4O3S/c1-12-4-7-15(8-5-12)23-27(25,26)16-9-6-13(2)17(11-16)19(24)20-18-10-14(3)21-22-18/h4-11,23H,1-3H3,(H2,20,21,22,24). The number of hydrogen-bond acceptors (Lipinski definition) is 4. The Morgan fingerprint density at radius 3 is 2.33 bits per heavy atom. The van der Waals surface area contributed by atoms with Crippen molar-refractivity contribution < 1.29 is 13.2 Å². The molecule has 0 radical (unpaired) electrons. The third-order valence-corrected chi connectivity index (χ3v) is 5.39. The van der Waals surface area contributed by atoms with Crippen molar-refractivity contribution in [1.82, 2.24) is 10.2 Å². The second-order valence-corrected chi connectivity index (χ2v) is 8.02. The van der Waals surface area contributed by atoms with E-state index in [0.717, 1.165) is 11.3 Å². The van der Waals surface area contributed by atoms with Gasteiger partial charge in [-0.05, 0) is 50.6 Å². The first kappa shape index (κ1) is 18.7. The number of carbonyl (C=O) groups excluding carboxylic acids is 1. The first-order chi connectivity index (χ1) is 12.7. The van der Waals surface area contributed by atoms with Crippen molar-refractivity contribution in [3.8, 4) is 0 Å². The van der Waals surface area contributed by atoms with Crippen molar-refractivity contribution in [2.75, 3.05) is 10.0 Å². The Labute approximate surface area is 157 Å². The molecule has 0 aliphatic heterocycles. The zero-order valence-corrected chi connectivity index (χ0v) is 16.0. The van der Waals surface area contributed by atoms with E-state index in [9.17, 15) is 13.2 Å². The molecule has 27 heavy (non-hydrogen) atoms. The van der Waals surface area contributed by atoms with Gasteiger partial charge in [-0.15, -0.1) is 0 Å². The highest BCUT2D eigenvalue weighted by atomic mass is 32.2. The van der Waals surface area contributed by atoms with Gasteiger partial charge in [0.25, 0.3) is 15.9 Å². The fourth-order valence-corrected chi connectivity index (χ4v) is 3.60. The lowest BCUT2D eigenvalue weighted by Crippen LogP contribution is -2.17. The van der Waals surface area contributed by atoms with Crippen LogP contribution in [-0.2, 0) is 10.0 Å². The summed E-state index contributed by atoms with van der Waals surface area (Å²) in [4.78, 5) is 12.6. The molecule has 0 aliphatic carbocycles. The predicted molar refractivity (Wildman–Crippen MR) is 104 cm³/mol. The average molecular weight is 384 g/mol. The lowest BCUT2D eigenvalue weighted by atomic mass is 10.1. The highest BCUT2D eigenvalue weighted by Gasteiger charge is 2.19. The number of aryl methyl sites for hydroxylation is 3. The summed E-state index contributed by atoms with van der Waals surface area (Å²) >= 11 is 0. The monoisotopic (exact) mass is 384 g/mol. The minimum absolute atomic E-state index is 0.0111. The van der Waals surface area contributed by atoms with Crippen molar-refractivity contribution in [3.05, 3.63) is 70.9 Å². The molecule has 0 aliphatic rings. The topological polar surface area (TPSA) is 104 Å². The van der Waals surface area contributed by atoms with Crippen LogP contribution in [0.4, 0.5) is 11.5 Å². The molecule has 8 heteroatoms. The fourth-order valence-electron chi connectivity index (χ4n) is 2.51. The molecule has 1 heterocycles. The predicted octanol–water partition coefficient (Wildman–Crippen LogP) is 3.39. The zero-order valence-electron chi connectivity index (χ0n) is 15.2. The smallest absolute Gasteiger partial charge is 0.261 e. The van der Waals surface area contributed by atoms with E-state index < -0.39 is 15.9 Å². The summed E-state index contributed by atoms with van der Waals surface area (Å²) in [7, 11) is -3.82. The number of hydrogen-bond donors (Lipinski definition) is 3. The van der Waals surface area contributed by atoms with Gasteiger partial charge in [0, 0.05) is 23.0 Å². The third-order valence-electron chi connectivity index (χ3n) is 4.02. The molecule has 0 spiro atoms. The van der Waals surface area contributed by atoms with Gasteiger partial charge in [0.15, 0.2) is 5.82 Å². The Hall–Kier alpha value is -3.13. The van der Waals surface area contributed by atoms with Crippen LogP contribution in [0.15, 0.2) is 53.4 Å². The van der Waals surface area contributed by atoms with E-state index in [4.69, 9.17) is 0 Å². The van der Waals surface area contributed by atoms with Crippen LogP contribution in [0.1, 0.15) is 27.2 Å². The molecule has 3 aromatic rings.